The third-order valence-corrected chi connectivity index (χ3v) is 8.14. The number of ketones is 1. The Morgan fingerprint density at radius 3 is 2.45 bits per heavy atom. The van der Waals surface area contributed by atoms with E-state index >= 15 is 0 Å². The number of aryl methyl sites for hydroxylation is 1. The third-order valence-electron chi connectivity index (χ3n) is 8.14. The number of aromatic nitrogens is 4. The number of morpholine rings is 1. The van der Waals surface area contributed by atoms with Crippen LogP contribution in [0.2, 0.25) is 0 Å². The smallest absolute Gasteiger partial charge is 0.170 e. The molecule has 5 rings (SSSR count). The fraction of sp³-hybridized carbons (Fsp3) is 0.500. The number of hydrogen-bond donors (Lipinski definition) is 0. The molecule has 0 N–H and O–H groups in total. The van der Waals surface area contributed by atoms with Crippen LogP contribution in [0.3, 0.4) is 0 Å². The Kier molecular flexibility index (Phi) is 7.96. The van der Waals surface area contributed by atoms with Crippen molar-refractivity contribution in [1.82, 2.24) is 24.6 Å². The number of rotatable bonds is 8. The van der Waals surface area contributed by atoms with Crippen molar-refractivity contribution in [3.63, 3.8) is 0 Å². The van der Waals surface area contributed by atoms with E-state index in [1.54, 1.807) is 17.1 Å². The first-order valence-electron chi connectivity index (χ1n) is 13.7. The first-order valence-corrected chi connectivity index (χ1v) is 13.7. The fourth-order valence-corrected chi connectivity index (χ4v) is 5.81. The summed E-state index contributed by atoms with van der Waals surface area (Å²) >= 11 is 0. The molecule has 8 heteroatoms. The minimum absolute atomic E-state index is 0.00748. The molecule has 1 saturated carbocycles. The van der Waals surface area contributed by atoms with Crippen LogP contribution < -0.4 is 0 Å². The largest absolute Gasteiger partial charge is 0.379 e. The lowest BCUT2D eigenvalue weighted by atomic mass is 9.71. The van der Waals surface area contributed by atoms with Crippen LogP contribution in [-0.2, 0) is 23.0 Å². The van der Waals surface area contributed by atoms with Gasteiger partial charge in [0.1, 0.15) is 0 Å². The maximum absolute atomic E-state index is 13.1. The summed E-state index contributed by atoms with van der Waals surface area (Å²) in [6.45, 7) is 7.59. The monoisotopic (exact) mass is 512 g/mol. The first-order chi connectivity index (χ1) is 18.5. The standard InChI is InChI=1S/C30H36N6O2/c1-3-4-23-6-8-29(33-18-23)36-22(2)26(20-34-36)27(37)17-24-5-7-28(32-19-24)30(21-31)11-9-25(10-12-30)35-13-15-38-16-14-35/h5-8,18-20,25H,3-4,9-17H2,1-2H3. The molecule has 3 aromatic heterocycles. The highest BCUT2D eigenvalue weighted by atomic mass is 16.5. The highest BCUT2D eigenvalue weighted by molar-refractivity contribution is 5.98. The molecule has 0 spiro atoms. The van der Waals surface area contributed by atoms with Crippen LogP contribution in [0.15, 0.2) is 42.9 Å². The highest BCUT2D eigenvalue weighted by Gasteiger charge is 2.40. The molecule has 2 aliphatic rings. The predicted molar refractivity (Wildman–Crippen MR) is 144 cm³/mol. The van der Waals surface area contributed by atoms with E-state index in [2.05, 4.69) is 39.0 Å². The maximum Gasteiger partial charge on any atom is 0.170 e. The zero-order valence-electron chi connectivity index (χ0n) is 22.4. The van der Waals surface area contributed by atoms with E-state index in [1.165, 1.54) is 5.56 Å². The molecule has 1 saturated heterocycles. The molecule has 0 radical (unpaired) electrons. The van der Waals surface area contributed by atoms with Crippen LogP contribution in [-0.4, -0.2) is 62.8 Å². The lowest BCUT2D eigenvalue weighted by Crippen LogP contribution is -2.47. The van der Waals surface area contributed by atoms with Gasteiger partial charge in [0.15, 0.2) is 11.6 Å². The van der Waals surface area contributed by atoms with Crippen molar-refractivity contribution < 1.29 is 9.53 Å². The number of nitrogens with zero attached hydrogens (tertiary/aromatic N) is 6. The molecule has 1 aliphatic carbocycles. The van der Waals surface area contributed by atoms with Gasteiger partial charge in [0.05, 0.1) is 47.8 Å². The second-order valence-electron chi connectivity index (χ2n) is 10.6. The van der Waals surface area contributed by atoms with Gasteiger partial charge in [-0.05, 0) is 62.3 Å². The number of pyridine rings is 2. The molecule has 38 heavy (non-hydrogen) atoms. The minimum atomic E-state index is -0.553. The van der Waals surface area contributed by atoms with Gasteiger partial charge in [0.25, 0.3) is 0 Å². The molecular weight excluding hydrogens is 476 g/mol. The quantitative estimate of drug-likeness (QED) is 0.413. The summed E-state index contributed by atoms with van der Waals surface area (Å²) in [5, 5.41) is 14.6. The van der Waals surface area contributed by atoms with Crippen molar-refractivity contribution >= 4 is 5.78 Å². The molecular formula is C30H36N6O2. The Hall–Kier alpha value is -3.41. The summed E-state index contributed by atoms with van der Waals surface area (Å²) in [5.41, 5.74) is 3.65. The van der Waals surface area contributed by atoms with Crippen LogP contribution in [0.1, 0.15) is 71.9 Å². The molecule has 1 aliphatic heterocycles. The Bertz CT molecular complexity index is 1280. The molecule has 2 fully saturated rings. The summed E-state index contributed by atoms with van der Waals surface area (Å²) in [6, 6.07) is 11.0. The van der Waals surface area contributed by atoms with E-state index in [0.29, 0.717) is 17.4 Å². The van der Waals surface area contributed by atoms with Gasteiger partial charge < -0.3 is 4.74 Å². The van der Waals surface area contributed by atoms with E-state index in [9.17, 15) is 10.1 Å². The summed E-state index contributed by atoms with van der Waals surface area (Å²) < 4.78 is 7.21. The zero-order valence-corrected chi connectivity index (χ0v) is 22.4. The Morgan fingerprint density at radius 1 is 1.08 bits per heavy atom. The number of hydrogen-bond acceptors (Lipinski definition) is 7. The number of nitriles is 1. The SMILES string of the molecule is CCCc1ccc(-n2ncc(C(=O)Cc3ccc(C4(C#N)CCC(N5CCOCC5)CC4)nc3)c2C)nc1. The highest BCUT2D eigenvalue weighted by Crippen LogP contribution is 2.39. The average Bonchev–Trinajstić information content (AvgIpc) is 3.36. The van der Waals surface area contributed by atoms with Crippen molar-refractivity contribution in [2.75, 3.05) is 26.3 Å². The van der Waals surface area contributed by atoms with Crippen molar-refractivity contribution in [3.8, 4) is 11.9 Å². The molecule has 0 amide bonds. The molecule has 0 aromatic carbocycles. The number of carbonyl (C=O) groups excluding carboxylic acids is 1. The minimum Gasteiger partial charge on any atom is -0.379 e. The van der Waals surface area contributed by atoms with Gasteiger partial charge in [-0.15, -0.1) is 0 Å². The van der Waals surface area contributed by atoms with Gasteiger partial charge in [0, 0.05) is 37.9 Å². The molecule has 198 valence electrons. The fourth-order valence-electron chi connectivity index (χ4n) is 5.81. The second-order valence-corrected chi connectivity index (χ2v) is 10.6. The van der Waals surface area contributed by atoms with E-state index in [1.807, 2.05) is 31.3 Å². The Labute approximate surface area is 224 Å². The lowest BCUT2D eigenvalue weighted by Gasteiger charge is -2.41. The van der Waals surface area contributed by atoms with Crippen LogP contribution in [0, 0.1) is 18.3 Å². The van der Waals surface area contributed by atoms with Gasteiger partial charge in [-0.25, -0.2) is 9.67 Å². The van der Waals surface area contributed by atoms with Gasteiger partial charge in [-0.3, -0.25) is 14.7 Å². The van der Waals surface area contributed by atoms with Crippen LogP contribution in [0.5, 0.6) is 0 Å². The lowest BCUT2D eigenvalue weighted by molar-refractivity contribution is 0.00493. The number of Topliss-reactive ketones (excluding diaryl/α,β-unsaturated/α-hetero) is 1. The summed E-state index contributed by atoms with van der Waals surface area (Å²) in [5.74, 6) is 0.699. The van der Waals surface area contributed by atoms with Crippen molar-refractivity contribution in [3.05, 3.63) is 70.9 Å². The summed E-state index contributed by atoms with van der Waals surface area (Å²) in [7, 11) is 0. The molecule has 0 atom stereocenters. The molecule has 4 heterocycles. The first kappa shape index (κ1) is 26.2. The zero-order chi connectivity index (χ0) is 26.5. The van der Waals surface area contributed by atoms with Gasteiger partial charge >= 0.3 is 0 Å². The molecule has 0 bridgehead atoms. The Balaban J connectivity index is 1.23. The van der Waals surface area contributed by atoms with Gasteiger partial charge in [0.2, 0.25) is 0 Å². The van der Waals surface area contributed by atoms with Gasteiger partial charge in [-0.1, -0.05) is 25.5 Å². The van der Waals surface area contributed by atoms with Crippen LogP contribution in [0.4, 0.5) is 0 Å². The average molecular weight is 513 g/mol. The van der Waals surface area contributed by atoms with E-state index in [-0.39, 0.29) is 12.2 Å². The normalized spacial score (nSPS) is 22.2. The summed E-state index contributed by atoms with van der Waals surface area (Å²) in [6.07, 6.45) is 11.2. The van der Waals surface area contributed by atoms with Crippen molar-refractivity contribution in [1.29, 1.82) is 5.26 Å². The van der Waals surface area contributed by atoms with Crippen molar-refractivity contribution in [2.24, 2.45) is 0 Å². The van der Waals surface area contributed by atoms with Crippen LogP contribution in [0.25, 0.3) is 5.82 Å². The van der Waals surface area contributed by atoms with Crippen LogP contribution >= 0.6 is 0 Å². The third kappa shape index (κ3) is 5.40. The van der Waals surface area contributed by atoms with E-state index < -0.39 is 5.41 Å². The molecule has 3 aromatic rings. The predicted octanol–water partition coefficient (Wildman–Crippen LogP) is 4.38. The number of carbonyl (C=O) groups is 1. The van der Waals surface area contributed by atoms with E-state index in [0.717, 1.165) is 81.8 Å². The van der Waals surface area contributed by atoms with E-state index in [4.69, 9.17) is 4.74 Å². The molecule has 8 nitrogen and oxygen atoms in total. The Morgan fingerprint density at radius 2 is 1.82 bits per heavy atom. The van der Waals surface area contributed by atoms with Crippen molar-refractivity contribution in [2.45, 2.75) is 70.3 Å². The topological polar surface area (TPSA) is 96.9 Å². The number of ether oxygens (including phenoxy) is 1. The van der Waals surface area contributed by atoms with Gasteiger partial charge in [-0.2, -0.15) is 10.4 Å². The molecule has 0 unspecified atom stereocenters. The second kappa shape index (κ2) is 11.5. The maximum atomic E-state index is 13.1. The summed E-state index contributed by atoms with van der Waals surface area (Å²) in [4.78, 5) is 24.9.